The third-order valence-electron chi connectivity index (χ3n) is 3.10. The van der Waals surface area contributed by atoms with Crippen LogP contribution in [0.25, 0.3) is 0 Å². The van der Waals surface area contributed by atoms with Crippen molar-refractivity contribution in [2.24, 2.45) is 11.8 Å². The van der Waals surface area contributed by atoms with E-state index in [4.69, 9.17) is 0 Å². The van der Waals surface area contributed by atoms with Crippen LogP contribution in [-0.4, -0.2) is 0 Å². The van der Waals surface area contributed by atoms with E-state index < -0.39 is 0 Å². The molecule has 0 rings (SSSR count). The Morgan fingerprint density at radius 1 is 1.12 bits per heavy atom. The van der Waals surface area contributed by atoms with Crippen molar-refractivity contribution in [3.05, 3.63) is 12.2 Å². The molecule has 0 aliphatic carbocycles. The first-order valence-corrected chi connectivity index (χ1v) is 6.87. The summed E-state index contributed by atoms with van der Waals surface area (Å²) >= 11 is 0. The monoisotopic (exact) mass is 220 g/mol. The Kier molecular flexibility index (Phi) is 10.3. The van der Waals surface area contributed by atoms with Gasteiger partial charge in [-0.3, -0.25) is 0 Å². The van der Waals surface area contributed by atoms with Crippen molar-refractivity contribution in [3.8, 4) is 11.8 Å². The molecule has 0 nitrogen and oxygen atoms in total. The Balaban J connectivity index is 3.74. The Morgan fingerprint density at radius 2 is 1.81 bits per heavy atom. The zero-order valence-corrected chi connectivity index (χ0v) is 11.6. The van der Waals surface area contributed by atoms with Crippen molar-refractivity contribution >= 4 is 0 Å². The van der Waals surface area contributed by atoms with Gasteiger partial charge in [-0.1, -0.05) is 64.9 Å². The summed E-state index contributed by atoms with van der Waals surface area (Å²) in [6, 6.07) is 0. The lowest BCUT2D eigenvalue weighted by molar-refractivity contribution is 0.375. The summed E-state index contributed by atoms with van der Waals surface area (Å²) < 4.78 is 0. The van der Waals surface area contributed by atoms with Crippen LogP contribution in [0.1, 0.15) is 66.2 Å². The minimum absolute atomic E-state index is 0.747. The molecular formula is C16H28. The van der Waals surface area contributed by atoms with E-state index in [1.54, 1.807) is 0 Å². The van der Waals surface area contributed by atoms with Gasteiger partial charge in [-0.25, -0.2) is 0 Å². The summed E-state index contributed by atoms with van der Waals surface area (Å²) in [5, 5.41) is 0. The van der Waals surface area contributed by atoms with Gasteiger partial charge in [0.1, 0.15) is 0 Å². The van der Waals surface area contributed by atoms with Gasteiger partial charge >= 0.3 is 0 Å². The Bertz CT molecular complexity index is 222. The predicted molar refractivity (Wildman–Crippen MR) is 74.3 cm³/mol. The zero-order valence-electron chi connectivity index (χ0n) is 11.6. The lowest BCUT2D eigenvalue weighted by Crippen LogP contribution is -2.04. The van der Waals surface area contributed by atoms with Crippen LogP contribution in [0.15, 0.2) is 12.2 Å². The summed E-state index contributed by atoms with van der Waals surface area (Å²) in [6.07, 6.45) is 11.5. The second-order valence-corrected chi connectivity index (χ2v) is 4.74. The van der Waals surface area contributed by atoms with Crippen molar-refractivity contribution in [2.75, 3.05) is 0 Å². The molecular weight excluding hydrogens is 192 g/mol. The number of unbranched alkanes of at least 4 members (excludes halogenated alkanes) is 1. The third kappa shape index (κ3) is 8.60. The smallest absolute Gasteiger partial charge is 0.0118 e. The summed E-state index contributed by atoms with van der Waals surface area (Å²) in [6.45, 7) is 9.10. The number of hydrogen-bond donors (Lipinski definition) is 0. The topological polar surface area (TPSA) is 0 Å². The highest BCUT2D eigenvalue weighted by Gasteiger charge is 2.08. The molecule has 0 aromatic rings. The SMILES string of the molecule is CCCC=CC#CCC(C)CC(CC)CC. The van der Waals surface area contributed by atoms with Gasteiger partial charge in [0.15, 0.2) is 0 Å². The van der Waals surface area contributed by atoms with Crippen molar-refractivity contribution in [2.45, 2.75) is 66.2 Å². The molecule has 1 atom stereocenters. The highest BCUT2D eigenvalue weighted by molar-refractivity contribution is 5.15. The van der Waals surface area contributed by atoms with E-state index in [-0.39, 0.29) is 0 Å². The number of hydrogen-bond acceptors (Lipinski definition) is 0. The van der Waals surface area contributed by atoms with E-state index in [0.717, 1.165) is 24.7 Å². The van der Waals surface area contributed by atoms with E-state index in [9.17, 15) is 0 Å². The van der Waals surface area contributed by atoms with Crippen molar-refractivity contribution < 1.29 is 0 Å². The fraction of sp³-hybridized carbons (Fsp3) is 0.750. The molecule has 1 unspecified atom stereocenters. The maximum atomic E-state index is 3.26. The molecule has 0 fully saturated rings. The van der Waals surface area contributed by atoms with E-state index in [1.165, 1.54) is 25.7 Å². The summed E-state index contributed by atoms with van der Waals surface area (Å²) in [7, 11) is 0. The summed E-state index contributed by atoms with van der Waals surface area (Å²) in [5.41, 5.74) is 0. The van der Waals surface area contributed by atoms with Gasteiger partial charge in [0.05, 0.1) is 0 Å². The molecule has 0 saturated carbocycles. The molecule has 92 valence electrons. The first-order chi connectivity index (χ1) is 7.74. The van der Waals surface area contributed by atoms with E-state index >= 15 is 0 Å². The largest absolute Gasteiger partial charge is 0.0983 e. The van der Waals surface area contributed by atoms with Crippen LogP contribution < -0.4 is 0 Å². The molecule has 0 aliphatic heterocycles. The van der Waals surface area contributed by atoms with E-state index in [0.29, 0.717) is 0 Å². The minimum atomic E-state index is 0.747. The lowest BCUT2D eigenvalue weighted by Gasteiger charge is -2.15. The van der Waals surface area contributed by atoms with Gasteiger partial charge in [-0.15, -0.1) is 0 Å². The normalized spacial score (nSPS) is 12.8. The predicted octanol–water partition coefficient (Wildman–Crippen LogP) is 5.20. The average molecular weight is 220 g/mol. The van der Waals surface area contributed by atoms with Gasteiger partial charge in [0.25, 0.3) is 0 Å². The molecule has 0 heteroatoms. The second kappa shape index (κ2) is 10.8. The Hall–Kier alpha value is -0.700. The Labute approximate surface area is 103 Å². The molecule has 0 N–H and O–H groups in total. The summed E-state index contributed by atoms with van der Waals surface area (Å²) in [4.78, 5) is 0. The van der Waals surface area contributed by atoms with Crippen molar-refractivity contribution in [1.82, 2.24) is 0 Å². The molecule has 0 spiro atoms. The van der Waals surface area contributed by atoms with Crippen LogP contribution in [0.4, 0.5) is 0 Å². The number of rotatable bonds is 7. The van der Waals surface area contributed by atoms with Crippen molar-refractivity contribution in [1.29, 1.82) is 0 Å². The highest BCUT2D eigenvalue weighted by atomic mass is 14.1. The van der Waals surface area contributed by atoms with Gasteiger partial charge in [-0.05, 0) is 30.8 Å². The maximum Gasteiger partial charge on any atom is 0.0118 e. The maximum absolute atomic E-state index is 3.26. The van der Waals surface area contributed by atoms with Gasteiger partial charge in [-0.2, -0.15) is 0 Å². The molecule has 0 aromatic carbocycles. The van der Waals surface area contributed by atoms with Crippen LogP contribution in [-0.2, 0) is 0 Å². The van der Waals surface area contributed by atoms with Crippen LogP contribution in [0.3, 0.4) is 0 Å². The van der Waals surface area contributed by atoms with Crippen LogP contribution in [0.5, 0.6) is 0 Å². The quantitative estimate of drug-likeness (QED) is 0.517. The van der Waals surface area contributed by atoms with Crippen molar-refractivity contribution in [3.63, 3.8) is 0 Å². The Morgan fingerprint density at radius 3 is 2.38 bits per heavy atom. The van der Waals surface area contributed by atoms with Gasteiger partial charge in [0.2, 0.25) is 0 Å². The molecule has 0 aromatic heterocycles. The molecule has 0 saturated heterocycles. The molecule has 0 aliphatic rings. The standard InChI is InChI=1S/C16H28/c1-5-8-9-10-11-12-13-15(4)14-16(6-2)7-3/h9-10,15-16H,5-8,13-14H2,1-4H3. The van der Waals surface area contributed by atoms with Gasteiger partial charge < -0.3 is 0 Å². The lowest BCUT2D eigenvalue weighted by atomic mass is 9.90. The molecule has 0 bridgehead atoms. The fourth-order valence-corrected chi connectivity index (χ4v) is 1.88. The van der Waals surface area contributed by atoms with Crippen LogP contribution >= 0.6 is 0 Å². The second-order valence-electron chi connectivity index (χ2n) is 4.74. The first kappa shape index (κ1) is 15.3. The fourth-order valence-electron chi connectivity index (χ4n) is 1.88. The van der Waals surface area contributed by atoms with Gasteiger partial charge in [0, 0.05) is 6.42 Å². The van der Waals surface area contributed by atoms with E-state index in [2.05, 4.69) is 45.6 Å². The molecule has 0 amide bonds. The number of allylic oxidation sites excluding steroid dienone is 2. The molecule has 0 radical (unpaired) electrons. The van der Waals surface area contributed by atoms with Crippen LogP contribution in [0, 0.1) is 23.7 Å². The summed E-state index contributed by atoms with van der Waals surface area (Å²) in [5.74, 6) is 8.03. The third-order valence-corrected chi connectivity index (χ3v) is 3.10. The van der Waals surface area contributed by atoms with Crippen LogP contribution in [0.2, 0.25) is 0 Å². The minimum Gasteiger partial charge on any atom is -0.0983 e. The zero-order chi connectivity index (χ0) is 12.2. The molecule has 16 heavy (non-hydrogen) atoms. The highest BCUT2D eigenvalue weighted by Crippen LogP contribution is 2.20. The average Bonchev–Trinajstić information content (AvgIpc) is 2.30. The first-order valence-electron chi connectivity index (χ1n) is 6.87. The van der Waals surface area contributed by atoms with E-state index in [1.807, 2.05) is 6.08 Å². The molecule has 0 heterocycles.